The largest absolute Gasteiger partial charge is 0.453 e. The average molecular weight is 390 g/mol. The Hall–Kier alpha value is -2.57. The molecule has 0 unspecified atom stereocenters. The molecule has 0 saturated heterocycles. The van der Waals surface area contributed by atoms with Gasteiger partial charge in [0.15, 0.2) is 0 Å². The van der Waals surface area contributed by atoms with Gasteiger partial charge in [-0.3, -0.25) is 15.0 Å². The molecule has 2 aromatic carbocycles. The second-order valence-electron chi connectivity index (χ2n) is 6.17. The van der Waals surface area contributed by atoms with Crippen LogP contribution in [-0.4, -0.2) is 32.7 Å². The van der Waals surface area contributed by atoms with Crippen molar-refractivity contribution in [3.05, 3.63) is 53.6 Å². The molecule has 1 aliphatic rings. The Morgan fingerprint density at radius 1 is 1.07 bits per heavy atom. The maximum atomic E-state index is 13.0. The molecular formula is C20H24ClN3O3. The minimum atomic E-state index is -0.535. The van der Waals surface area contributed by atoms with Crippen molar-refractivity contribution in [1.82, 2.24) is 5.32 Å². The van der Waals surface area contributed by atoms with Gasteiger partial charge in [-0.25, -0.2) is 4.79 Å². The summed E-state index contributed by atoms with van der Waals surface area (Å²) in [6, 6.07) is 13.6. The topological polar surface area (TPSA) is 70.7 Å². The third-order valence-corrected chi connectivity index (χ3v) is 4.49. The van der Waals surface area contributed by atoms with Gasteiger partial charge in [0, 0.05) is 18.7 Å². The number of anilines is 3. The SMILES string of the molecule is CNCCC(=O)N1c2ccccc2CCc2ccc(NC(=O)OC)cc21.Cl. The highest BCUT2D eigenvalue weighted by Gasteiger charge is 2.25. The highest BCUT2D eigenvalue weighted by atomic mass is 35.5. The van der Waals surface area contributed by atoms with Gasteiger partial charge in [0.2, 0.25) is 5.91 Å². The molecule has 0 spiro atoms. The first-order valence-electron chi connectivity index (χ1n) is 8.67. The van der Waals surface area contributed by atoms with Crippen LogP contribution in [0, 0.1) is 0 Å². The van der Waals surface area contributed by atoms with Crippen LogP contribution in [0.15, 0.2) is 42.5 Å². The Morgan fingerprint density at radius 2 is 1.78 bits per heavy atom. The van der Waals surface area contributed by atoms with E-state index in [-0.39, 0.29) is 18.3 Å². The van der Waals surface area contributed by atoms with E-state index in [0.717, 1.165) is 35.3 Å². The van der Waals surface area contributed by atoms with Crippen molar-refractivity contribution in [2.75, 3.05) is 30.9 Å². The zero-order valence-electron chi connectivity index (χ0n) is 15.5. The van der Waals surface area contributed by atoms with Gasteiger partial charge in [0.25, 0.3) is 0 Å². The van der Waals surface area contributed by atoms with E-state index < -0.39 is 6.09 Å². The van der Waals surface area contributed by atoms with Crippen molar-refractivity contribution in [2.24, 2.45) is 0 Å². The Labute approximate surface area is 165 Å². The van der Waals surface area contributed by atoms with Gasteiger partial charge in [-0.05, 0) is 49.2 Å². The minimum Gasteiger partial charge on any atom is -0.453 e. The molecule has 2 amide bonds. The Kier molecular flexibility index (Phi) is 7.21. The molecule has 0 aromatic heterocycles. The molecule has 3 rings (SSSR count). The molecular weight excluding hydrogens is 366 g/mol. The van der Waals surface area contributed by atoms with Crippen LogP contribution in [-0.2, 0) is 22.4 Å². The number of aryl methyl sites for hydroxylation is 2. The first-order valence-corrected chi connectivity index (χ1v) is 8.67. The van der Waals surface area contributed by atoms with E-state index in [1.165, 1.54) is 7.11 Å². The summed E-state index contributed by atoms with van der Waals surface area (Å²) in [6.45, 7) is 0.604. The fraction of sp³-hybridized carbons (Fsp3) is 0.300. The minimum absolute atomic E-state index is 0. The average Bonchev–Trinajstić information content (AvgIpc) is 2.82. The normalized spacial score (nSPS) is 12.1. The predicted octanol–water partition coefficient (Wildman–Crippen LogP) is 3.66. The Balaban J connectivity index is 0.00000261. The third-order valence-electron chi connectivity index (χ3n) is 4.49. The lowest BCUT2D eigenvalue weighted by molar-refractivity contribution is -0.117. The van der Waals surface area contributed by atoms with Crippen molar-refractivity contribution in [1.29, 1.82) is 0 Å². The van der Waals surface area contributed by atoms with Crippen LogP contribution in [0.5, 0.6) is 0 Å². The van der Waals surface area contributed by atoms with Gasteiger partial charge in [-0.15, -0.1) is 12.4 Å². The summed E-state index contributed by atoms with van der Waals surface area (Å²) in [7, 11) is 3.15. The number of nitrogens with zero attached hydrogens (tertiary/aromatic N) is 1. The number of ether oxygens (including phenoxy) is 1. The van der Waals surface area contributed by atoms with Crippen LogP contribution >= 0.6 is 12.4 Å². The molecule has 0 bridgehead atoms. The lowest BCUT2D eigenvalue weighted by Gasteiger charge is -2.25. The molecule has 27 heavy (non-hydrogen) atoms. The first-order chi connectivity index (χ1) is 12.6. The second kappa shape index (κ2) is 9.39. The van der Waals surface area contributed by atoms with Crippen LogP contribution in [0.25, 0.3) is 0 Å². The molecule has 1 heterocycles. The van der Waals surface area contributed by atoms with E-state index in [9.17, 15) is 9.59 Å². The van der Waals surface area contributed by atoms with Crippen LogP contribution in [0.2, 0.25) is 0 Å². The number of nitrogens with one attached hydrogen (secondary N) is 2. The van der Waals surface area contributed by atoms with E-state index >= 15 is 0 Å². The van der Waals surface area contributed by atoms with E-state index in [0.29, 0.717) is 18.7 Å². The summed E-state index contributed by atoms with van der Waals surface area (Å²) in [5.74, 6) is 0.0187. The first kappa shape index (κ1) is 20.7. The Morgan fingerprint density at radius 3 is 2.48 bits per heavy atom. The van der Waals surface area contributed by atoms with Crippen molar-refractivity contribution in [3.8, 4) is 0 Å². The number of fused-ring (bicyclic) bond motifs is 2. The second-order valence-corrected chi connectivity index (χ2v) is 6.17. The third kappa shape index (κ3) is 4.59. The number of rotatable bonds is 4. The fourth-order valence-corrected chi connectivity index (χ4v) is 3.18. The van der Waals surface area contributed by atoms with Gasteiger partial charge in [0.05, 0.1) is 18.5 Å². The van der Waals surface area contributed by atoms with E-state index in [2.05, 4.69) is 21.4 Å². The predicted molar refractivity (Wildman–Crippen MR) is 109 cm³/mol. The summed E-state index contributed by atoms with van der Waals surface area (Å²) >= 11 is 0. The number of para-hydroxylation sites is 1. The van der Waals surface area contributed by atoms with Crippen molar-refractivity contribution >= 4 is 41.5 Å². The van der Waals surface area contributed by atoms with Gasteiger partial charge < -0.3 is 10.1 Å². The molecule has 0 radical (unpaired) electrons. The molecule has 1 aliphatic heterocycles. The van der Waals surface area contributed by atoms with Crippen LogP contribution < -0.4 is 15.5 Å². The standard InChI is InChI=1S/C20H23N3O3.ClH/c1-21-12-11-19(24)23-17-6-4-3-5-14(17)7-8-15-9-10-16(13-18(15)23)22-20(25)26-2;/h3-6,9-10,13,21H,7-8,11-12H2,1-2H3,(H,22,25);1H. The molecule has 2 N–H and O–H groups in total. The zero-order valence-corrected chi connectivity index (χ0v) is 16.3. The number of carbonyl (C=O) groups excluding carboxylic acids is 2. The summed E-state index contributed by atoms with van der Waals surface area (Å²) in [4.78, 5) is 26.3. The molecule has 0 saturated carbocycles. The van der Waals surface area contributed by atoms with Crippen molar-refractivity contribution < 1.29 is 14.3 Å². The molecule has 7 heteroatoms. The molecule has 6 nitrogen and oxygen atoms in total. The monoisotopic (exact) mass is 389 g/mol. The van der Waals surface area contributed by atoms with Crippen LogP contribution in [0.3, 0.4) is 0 Å². The molecule has 0 aliphatic carbocycles. The number of benzene rings is 2. The number of halogens is 1. The number of carbonyl (C=O) groups is 2. The van der Waals surface area contributed by atoms with E-state index in [4.69, 9.17) is 0 Å². The number of methoxy groups -OCH3 is 1. The number of hydrogen-bond acceptors (Lipinski definition) is 4. The van der Waals surface area contributed by atoms with Crippen LogP contribution in [0.4, 0.5) is 21.9 Å². The van der Waals surface area contributed by atoms with Gasteiger partial charge in [-0.2, -0.15) is 0 Å². The fourth-order valence-electron chi connectivity index (χ4n) is 3.18. The molecule has 2 aromatic rings. The maximum Gasteiger partial charge on any atom is 0.411 e. The highest BCUT2D eigenvalue weighted by molar-refractivity contribution is 6.03. The summed E-state index contributed by atoms with van der Waals surface area (Å²) < 4.78 is 4.67. The van der Waals surface area contributed by atoms with E-state index in [1.807, 2.05) is 43.4 Å². The zero-order chi connectivity index (χ0) is 18.5. The van der Waals surface area contributed by atoms with Gasteiger partial charge in [-0.1, -0.05) is 24.3 Å². The summed E-state index contributed by atoms with van der Waals surface area (Å²) in [5.41, 5.74) is 4.53. The van der Waals surface area contributed by atoms with Gasteiger partial charge >= 0.3 is 6.09 Å². The number of hydrogen-bond donors (Lipinski definition) is 2. The lowest BCUT2D eigenvalue weighted by atomic mass is 10.0. The van der Waals surface area contributed by atoms with E-state index in [1.54, 1.807) is 4.90 Å². The smallest absolute Gasteiger partial charge is 0.411 e. The summed E-state index contributed by atoms with van der Waals surface area (Å²) in [5, 5.41) is 5.70. The van der Waals surface area contributed by atoms with Crippen LogP contribution in [0.1, 0.15) is 17.5 Å². The quantitative estimate of drug-likeness (QED) is 0.837. The molecule has 0 fully saturated rings. The molecule has 0 atom stereocenters. The highest BCUT2D eigenvalue weighted by Crippen LogP contribution is 2.38. The lowest BCUT2D eigenvalue weighted by Crippen LogP contribution is -2.29. The van der Waals surface area contributed by atoms with Gasteiger partial charge in [0.1, 0.15) is 0 Å². The summed E-state index contributed by atoms with van der Waals surface area (Å²) in [6.07, 6.45) is 1.55. The van der Waals surface area contributed by atoms with Crippen molar-refractivity contribution in [2.45, 2.75) is 19.3 Å². The number of amides is 2. The molecule has 144 valence electrons. The maximum absolute atomic E-state index is 13.0. The Bertz CT molecular complexity index is 826. The van der Waals surface area contributed by atoms with Crippen molar-refractivity contribution in [3.63, 3.8) is 0 Å².